The van der Waals surface area contributed by atoms with Gasteiger partial charge in [0, 0.05) is 30.7 Å². The summed E-state index contributed by atoms with van der Waals surface area (Å²) in [4.78, 5) is 6.69. The number of likely N-dealkylation sites (tertiary alicyclic amines) is 1. The van der Waals surface area contributed by atoms with Crippen LogP contribution < -0.4 is 0 Å². The largest absolute Gasteiger partial charge is 0.300 e. The average molecular weight is 231 g/mol. The number of aromatic nitrogens is 2. The maximum Gasteiger partial charge on any atom is 0.107 e. The zero-order valence-electron chi connectivity index (χ0n) is 11.0. The van der Waals surface area contributed by atoms with E-state index in [-0.39, 0.29) is 0 Å². The van der Waals surface area contributed by atoms with Crippen LogP contribution in [0.25, 0.3) is 0 Å². The third-order valence-corrected chi connectivity index (χ3v) is 3.29. The van der Waals surface area contributed by atoms with E-state index >= 15 is 0 Å². The first-order chi connectivity index (χ1) is 8.15. The molecule has 3 heteroatoms. The molecule has 0 saturated carbocycles. The van der Waals surface area contributed by atoms with Crippen LogP contribution in [0.15, 0.2) is 12.5 Å². The molecule has 0 aromatic carbocycles. The number of piperidine rings is 1. The Balaban J connectivity index is 1.97. The predicted molar refractivity (Wildman–Crippen MR) is 69.6 cm³/mol. The number of imidazole rings is 1. The van der Waals surface area contributed by atoms with Crippen molar-refractivity contribution in [2.75, 3.05) is 13.1 Å². The number of hydrogen-bond donors (Lipinski definition) is 0. The summed E-state index contributed by atoms with van der Waals surface area (Å²) >= 11 is 0. The first-order valence-electron chi connectivity index (χ1n) is 6.41. The first-order valence-corrected chi connectivity index (χ1v) is 6.41. The summed E-state index contributed by atoms with van der Waals surface area (Å²) in [5, 5.41) is 0. The number of aryl methyl sites for hydroxylation is 1. The van der Waals surface area contributed by atoms with Crippen molar-refractivity contribution >= 4 is 0 Å². The molecular weight excluding hydrogens is 210 g/mol. The van der Waals surface area contributed by atoms with E-state index < -0.39 is 0 Å². The molecule has 1 fully saturated rings. The van der Waals surface area contributed by atoms with Crippen LogP contribution in [0.3, 0.4) is 0 Å². The molecule has 1 atom stereocenters. The molecule has 1 aliphatic rings. The van der Waals surface area contributed by atoms with Crippen LogP contribution in [-0.2, 0) is 0 Å². The lowest BCUT2D eigenvalue weighted by Gasteiger charge is -2.33. The highest BCUT2D eigenvalue weighted by molar-refractivity contribution is 5.10. The molecule has 0 radical (unpaired) electrons. The predicted octanol–water partition coefficient (Wildman–Crippen LogP) is 2.12. The van der Waals surface area contributed by atoms with Gasteiger partial charge in [0.2, 0.25) is 0 Å². The molecule has 17 heavy (non-hydrogen) atoms. The second-order valence-electron chi connectivity index (χ2n) is 5.11. The van der Waals surface area contributed by atoms with E-state index in [1.54, 1.807) is 6.33 Å². The maximum atomic E-state index is 4.17. The Hall–Kier alpha value is -1.27. The number of rotatable bonds is 1. The fraction of sp³-hybridized carbons (Fsp3) is 0.643. The van der Waals surface area contributed by atoms with Gasteiger partial charge in [0.05, 0.1) is 5.69 Å². The van der Waals surface area contributed by atoms with Crippen molar-refractivity contribution < 1.29 is 0 Å². The normalized spacial score (nSPS) is 21.3. The van der Waals surface area contributed by atoms with E-state index in [9.17, 15) is 0 Å². The lowest BCUT2D eigenvalue weighted by Crippen LogP contribution is -2.39. The van der Waals surface area contributed by atoms with Crippen LogP contribution in [-0.4, -0.2) is 33.6 Å². The van der Waals surface area contributed by atoms with Crippen molar-refractivity contribution in [3.05, 3.63) is 18.2 Å². The lowest BCUT2D eigenvalue weighted by molar-refractivity contribution is 0.161. The van der Waals surface area contributed by atoms with Crippen molar-refractivity contribution in [1.82, 2.24) is 14.5 Å². The van der Waals surface area contributed by atoms with Crippen LogP contribution in [0.1, 0.15) is 32.4 Å². The smallest absolute Gasteiger partial charge is 0.107 e. The van der Waals surface area contributed by atoms with E-state index in [0.717, 1.165) is 12.2 Å². The monoisotopic (exact) mass is 231 g/mol. The maximum absolute atomic E-state index is 4.17. The first kappa shape index (κ1) is 12.2. The van der Waals surface area contributed by atoms with E-state index in [0.29, 0.717) is 12.0 Å². The molecule has 1 aromatic rings. The Labute approximate surface area is 104 Å². The van der Waals surface area contributed by atoms with Crippen molar-refractivity contribution in [3.8, 4) is 12.0 Å². The quantitative estimate of drug-likeness (QED) is 0.690. The standard InChI is InChI=1S/C14H21N3/c1-12(2)17-7-4-5-14(10-17)6-8-16-9-13(3)15-11-16/h9,11-12,14H,4-5,7,10H2,1-3H3/t14-/m1/s1. The zero-order chi connectivity index (χ0) is 12.3. The molecule has 0 unspecified atom stereocenters. The molecule has 0 N–H and O–H groups in total. The molecule has 2 heterocycles. The summed E-state index contributed by atoms with van der Waals surface area (Å²) in [5.41, 5.74) is 1.02. The second kappa shape index (κ2) is 5.37. The fourth-order valence-electron chi connectivity index (χ4n) is 2.24. The highest BCUT2D eigenvalue weighted by Crippen LogP contribution is 2.17. The molecule has 1 aliphatic heterocycles. The van der Waals surface area contributed by atoms with E-state index in [1.807, 2.05) is 17.7 Å². The minimum absolute atomic E-state index is 0.508. The molecule has 3 nitrogen and oxygen atoms in total. The lowest BCUT2D eigenvalue weighted by atomic mass is 9.98. The SMILES string of the molecule is Cc1cn(C#C[C@H]2CCCN(C(C)C)C2)cn1. The van der Waals surface area contributed by atoms with Gasteiger partial charge in [0.25, 0.3) is 0 Å². The van der Waals surface area contributed by atoms with E-state index in [4.69, 9.17) is 0 Å². The summed E-state index contributed by atoms with van der Waals surface area (Å²) in [6.45, 7) is 8.84. The van der Waals surface area contributed by atoms with Crippen LogP contribution in [0.2, 0.25) is 0 Å². The molecule has 0 spiro atoms. The van der Waals surface area contributed by atoms with Gasteiger partial charge in [-0.25, -0.2) is 4.98 Å². The average Bonchev–Trinajstić information content (AvgIpc) is 2.73. The van der Waals surface area contributed by atoms with Gasteiger partial charge in [-0.3, -0.25) is 9.47 Å². The van der Waals surface area contributed by atoms with Gasteiger partial charge in [-0.05, 0) is 40.2 Å². The molecule has 2 rings (SSSR count). The van der Waals surface area contributed by atoms with Crippen molar-refractivity contribution in [2.24, 2.45) is 5.92 Å². The van der Waals surface area contributed by atoms with Gasteiger partial charge in [-0.15, -0.1) is 0 Å². The van der Waals surface area contributed by atoms with Crippen molar-refractivity contribution in [3.63, 3.8) is 0 Å². The van der Waals surface area contributed by atoms with Crippen LogP contribution >= 0.6 is 0 Å². The minimum Gasteiger partial charge on any atom is -0.300 e. The Morgan fingerprint density at radius 1 is 1.47 bits per heavy atom. The summed E-state index contributed by atoms with van der Waals surface area (Å²) in [7, 11) is 0. The zero-order valence-corrected chi connectivity index (χ0v) is 11.0. The molecule has 0 bridgehead atoms. The van der Waals surface area contributed by atoms with Gasteiger partial charge in [-0.2, -0.15) is 0 Å². The molecule has 0 amide bonds. The summed E-state index contributed by atoms with van der Waals surface area (Å²) < 4.78 is 1.86. The summed E-state index contributed by atoms with van der Waals surface area (Å²) in [6.07, 6.45) is 6.24. The fourth-order valence-corrected chi connectivity index (χ4v) is 2.24. The molecule has 1 saturated heterocycles. The summed E-state index contributed by atoms with van der Waals surface area (Å²) in [5.74, 6) is 3.88. The molecule has 92 valence electrons. The van der Waals surface area contributed by atoms with Crippen LogP contribution in [0.4, 0.5) is 0 Å². The number of nitrogens with zero attached hydrogens (tertiary/aromatic N) is 3. The Kier molecular flexibility index (Phi) is 3.86. The highest BCUT2D eigenvalue weighted by Gasteiger charge is 2.19. The second-order valence-corrected chi connectivity index (χ2v) is 5.11. The van der Waals surface area contributed by atoms with E-state index in [1.165, 1.54) is 19.4 Å². The Bertz CT molecular complexity index is 422. The van der Waals surface area contributed by atoms with Crippen LogP contribution in [0, 0.1) is 24.8 Å². The Morgan fingerprint density at radius 3 is 2.94 bits per heavy atom. The van der Waals surface area contributed by atoms with Gasteiger partial charge in [0.15, 0.2) is 0 Å². The molecule has 1 aromatic heterocycles. The molecular formula is C14H21N3. The van der Waals surface area contributed by atoms with Crippen molar-refractivity contribution in [1.29, 1.82) is 0 Å². The third-order valence-electron chi connectivity index (χ3n) is 3.29. The van der Waals surface area contributed by atoms with Gasteiger partial charge >= 0.3 is 0 Å². The summed E-state index contributed by atoms with van der Waals surface area (Å²) in [6, 6.07) is 3.81. The number of hydrogen-bond acceptors (Lipinski definition) is 2. The van der Waals surface area contributed by atoms with Gasteiger partial charge < -0.3 is 0 Å². The third kappa shape index (κ3) is 3.34. The highest BCUT2D eigenvalue weighted by atomic mass is 15.2. The van der Waals surface area contributed by atoms with Gasteiger partial charge in [0.1, 0.15) is 6.33 Å². The van der Waals surface area contributed by atoms with Crippen LogP contribution in [0.5, 0.6) is 0 Å². The van der Waals surface area contributed by atoms with E-state index in [2.05, 4.69) is 35.7 Å². The minimum atomic E-state index is 0.508. The Morgan fingerprint density at radius 2 is 2.29 bits per heavy atom. The molecule has 0 aliphatic carbocycles. The van der Waals surface area contributed by atoms with Gasteiger partial charge in [-0.1, -0.05) is 5.92 Å². The van der Waals surface area contributed by atoms with Crippen molar-refractivity contribution in [2.45, 2.75) is 39.7 Å². The topological polar surface area (TPSA) is 21.1 Å².